The van der Waals surface area contributed by atoms with Crippen LogP contribution in [-0.4, -0.2) is 10.2 Å². The van der Waals surface area contributed by atoms with Crippen molar-refractivity contribution in [3.63, 3.8) is 0 Å². The van der Waals surface area contributed by atoms with Gasteiger partial charge >= 0.3 is 0 Å². The summed E-state index contributed by atoms with van der Waals surface area (Å²) in [6.45, 7) is 0.680. The molecule has 0 heterocycles. The van der Waals surface area contributed by atoms with E-state index in [1.807, 2.05) is 23.9 Å². The number of hydrogen-bond acceptors (Lipinski definition) is 1. The van der Waals surface area contributed by atoms with E-state index in [2.05, 4.69) is 12.1 Å². The molecule has 2 heteroatoms. The SMILES string of the molecule is [SiH3]C=COCc1ccccc1. The molecule has 0 aliphatic carbocycles. The Hall–Kier alpha value is -1.02. The first-order valence-corrected chi connectivity index (χ1v) is 4.85. The Morgan fingerprint density at radius 3 is 2.64 bits per heavy atom. The molecule has 1 rings (SSSR count). The number of benzene rings is 1. The zero-order valence-corrected chi connectivity index (χ0v) is 8.66. The third-order valence-electron chi connectivity index (χ3n) is 1.33. The fourth-order valence-electron chi connectivity index (χ4n) is 0.815. The van der Waals surface area contributed by atoms with E-state index in [9.17, 15) is 0 Å². The predicted molar refractivity (Wildman–Crippen MR) is 50.3 cm³/mol. The largest absolute Gasteiger partial charge is 0.497 e. The summed E-state index contributed by atoms with van der Waals surface area (Å²) in [7, 11) is 1.06. The molecule has 0 aromatic heterocycles. The maximum Gasteiger partial charge on any atom is 0.112 e. The van der Waals surface area contributed by atoms with E-state index in [1.54, 1.807) is 6.26 Å². The maximum absolute atomic E-state index is 5.22. The van der Waals surface area contributed by atoms with Gasteiger partial charge in [-0.15, -0.1) is 0 Å². The van der Waals surface area contributed by atoms with Gasteiger partial charge in [0.2, 0.25) is 0 Å². The zero-order chi connectivity index (χ0) is 7.94. The van der Waals surface area contributed by atoms with E-state index in [4.69, 9.17) is 4.74 Å². The van der Waals surface area contributed by atoms with Crippen molar-refractivity contribution >= 4 is 10.2 Å². The van der Waals surface area contributed by atoms with E-state index in [1.165, 1.54) is 5.56 Å². The fourth-order valence-corrected chi connectivity index (χ4v) is 1.01. The molecule has 0 amide bonds. The van der Waals surface area contributed by atoms with Crippen molar-refractivity contribution in [2.75, 3.05) is 0 Å². The average molecular weight is 164 g/mol. The molecule has 0 radical (unpaired) electrons. The van der Waals surface area contributed by atoms with Gasteiger partial charge < -0.3 is 4.74 Å². The van der Waals surface area contributed by atoms with E-state index >= 15 is 0 Å². The second kappa shape index (κ2) is 4.74. The summed E-state index contributed by atoms with van der Waals surface area (Å²) in [6.07, 6.45) is 1.76. The quantitative estimate of drug-likeness (QED) is 0.479. The van der Waals surface area contributed by atoms with Gasteiger partial charge in [-0.25, -0.2) is 0 Å². The molecule has 0 N–H and O–H groups in total. The molecule has 0 fully saturated rings. The molecule has 1 nitrogen and oxygen atoms in total. The molecule has 11 heavy (non-hydrogen) atoms. The smallest absolute Gasteiger partial charge is 0.112 e. The van der Waals surface area contributed by atoms with Gasteiger partial charge in [0, 0.05) is 10.2 Å². The van der Waals surface area contributed by atoms with Gasteiger partial charge in [0.1, 0.15) is 6.61 Å². The summed E-state index contributed by atoms with van der Waals surface area (Å²) < 4.78 is 5.22. The molecular weight excluding hydrogens is 152 g/mol. The van der Waals surface area contributed by atoms with E-state index < -0.39 is 0 Å². The minimum Gasteiger partial charge on any atom is -0.497 e. The van der Waals surface area contributed by atoms with Crippen molar-refractivity contribution in [3.8, 4) is 0 Å². The molecule has 0 atom stereocenters. The van der Waals surface area contributed by atoms with Crippen molar-refractivity contribution in [2.45, 2.75) is 6.61 Å². The summed E-state index contributed by atoms with van der Waals surface area (Å²) >= 11 is 0. The minimum atomic E-state index is 0.680. The van der Waals surface area contributed by atoms with Crippen LogP contribution in [0.25, 0.3) is 0 Å². The van der Waals surface area contributed by atoms with Gasteiger partial charge in [0.25, 0.3) is 0 Å². The highest BCUT2D eigenvalue weighted by Crippen LogP contribution is 1.99. The van der Waals surface area contributed by atoms with Gasteiger partial charge in [0.15, 0.2) is 0 Å². The summed E-state index contributed by atoms with van der Waals surface area (Å²) in [5.74, 6) is 0. The van der Waals surface area contributed by atoms with Gasteiger partial charge in [-0.3, -0.25) is 0 Å². The summed E-state index contributed by atoms with van der Waals surface area (Å²) in [4.78, 5) is 0. The Bertz CT molecular complexity index is 218. The number of hydrogen-bond donors (Lipinski definition) is 0. The van der Waals surface area contributed by atoms with Crippen LogP contribution in [0.2, 0.25) is 0 Å². The van der Waals surface area contributed by atoms with Crippen LogP contribution >= 0.6 is 0 Å². The van der Waals surface area contributed by atoms with Crippen molar-refractivity contribution in [3.05, 3.63) is 47.9 Å². The Labute approximate surface area is 70.1 Å². The predicted octanol–water partition coefficient (Wildman–Crippen LogP) is 1.04. The molecule has 0 spiro atoms. The Morgan fingerprint density at radius 1 is 1.27 bits per heavy atom. The molecule has 1 aromatic carbocycles. The average Bonchev–Trinajstić information content (AvgIpc) is 2.07. The van der Waals surface area contributed by atoms with E-state index in [0.29, 0.717) is 6.61 Å². The molecule has 1 aromatic rings. The van der Waals surface area contributed by atoms with Crippen LogP contribution in [0.15, 0.2) is 42.3 Å². The molecule has 0 bridgehead atoms. The molecular formula is C9H12OSi. The van der Waals surface area contributed by atoms with Crippen molar-refractivity contribution in [2.24, 2.45) is 0 Å². The highest BCUT2D eigenvalue weighted by atomic mass is 28.1. The van der Waals surface area contributed by atoms with E-state index in [-0.39, 0.29) is 0 Å². The lowest BCUT2D eigenvalue weighted by atomic mass is 10.2. The maximum atomic E-state index is 5.22. The van der Waals surface area contributed by atoms with Crippen LogP contribution in [0, 0.1) is 0 Å². The van der Waals surface area contributed by atoms with Crippen LogP contribution in [0.3, 0.4) is 0 Å². The first kappa shape index (κ1) is 8.08. The van der Waals surface area contributed by atoms with Gasteiger partial charge in [-0.1, -0.05) is 36.0 Å². The molecule has 0 aliphatic rings. The minimum absolute atomic E-state index is 0.680. The summed E-state index contributed by atoms with van der Waals surface area (Å²) in [5.41, 5.74) is 3.23. The summed E-state index contributed by atoms with van der Waals surface area (Å²) in [5, 5.41) is 0. The van der Waals surface area contributed by atoms with Crippen molar-refractivity contribution in [1.29, 1.82) is 0 Å². The van der Waals surface area contributed by atoms with Gasteiger partial charge in [0.05, 0.1) is 6.26 Å². The van der Waals surface area contributed by atoms with Gasteiger partial charge in [-0.05, 0) is 5.56 Å². The highest BCUT2D eigenvalue weighted by Gasteiger charge is 1.86. The second-order valence-corrected chi connectivity index (χ2v) is 2.93. The molecule has 0 saturated heterocycles. The molecule has 0 aliphatic heterocycles. The van der Waals surface area contributed by atoms with E-state index in [0.717, 1.165) is 10.2 Å². The number of ether oxygens (including phenoxy) is 1. The Kier molecular flexibility index (Phi) is 3.48. The lowest BCUT2D eigenvalue weighted by molar-refractivity contribution is 0.237. The fraction of sp³-hybridized carbons (Fsp3) is 0.111. The summed E-state index contributed by atoms with van der Waals surface area (Å²) in [6, 6.07) is 10.2. The lowest BCUT2D eigenvalue weighted by Crippen LogP contribution is -1.84. The Balaban J connectivity index is 2.39. The van der Waals surface area contributed by atoms with Gasteiger partial charge in [-0.2, -0.15) is 0 Å². The topological polar surface area (TPSA) is 9.23 Å². The van der Waals surface area contributed by atoms with Crippen LogP contribution in [0.4, 0.5) is 0 Å². The Morgan fingerprint density at radius 2 is 2.00 bits per heavy atom. The lowest BCUT2D eigenvalue weighted by Gasteiger charge is -1.98. The third kappa shape index (κ3) is 3.05. The van der Waals surface area contributed by atoms with Crippen molar-refractivity contribution in [1.82, 2.24) is 0 Å². The highest BCUT2D eigenvalue weighted by molar-refractivity contribution is 6.16. The zero-order valence-electron chi connectivity index (χ0n) is 6.66. The standard InChI is InChI=1S/C9H12OSi/c11-7-6-10-8-9-4-2-1-3-5-9/h1-7H,8H2,11H3. The second-order valence-electron chi connectivity index (χ2n) is 2.27. The normalized spacial score (nSPS) is 10.5. The number of rotatable bonds is 3. The molecule has 58 valence electrons. The first-order valence-electron chi connectivity index (χ1n) is 3.70. The third-order valence-corrected chi connectivity index (χ3v) is 1.60. The van der Waals surface area contributed by atoms with Crippen molar-refractivity contribution < 1.29 is 4.74 Å². The molecule has 0 unspecified atom stereocenters. The van der Waals surface area contributed by atoms with Crippen LogP contribution in [0.5, 0.6) is 0 Å². The molecule has 0 saturated carbocycles. The monoisotopic (exact) mass is 164 g/mol. The van der Waals surface area contributed by atoms with Crippen LogP contribution in [0.1, 0.15) is 5.56 Å². The first-order chi connectivity index (χ1) is 5.43. The van der Waals surface area contributed by atoms with Crippen LogP contribution < -0.4 is 0 Å². The van der Waals surface area contributed by atoms with Crippen LogP contribution in [-0.2, 0) is 11.3 Å².